The first-order chi connectivity index (χ1) is 7.54. The molecule has 1 aromatic rings. The summed E-state index contributed by atoms with van der Waals surface area (Å²) < 4.78 is 0. The van der Waals surface area contributed by atoms with Gasteiger partial charge in [0.25, 0.3) is 0 Å². The highest BCUT2D eigenvalue weighted by atomic mass is 16.1. The van der Waals surface area contributed by atoms with Gasteiger partial charge in [0.1, 0.15) is 6.29 Å². The molecule has 0 spiro atoms. The van der Waals surface area contributed by atoms with Crippen LogP contribution in [0, 0.1) is 0 Å². The van der Waals surface area contributed by atoms with Crippen LogP contribution in [0.5, 0.6) is 0 Å². The minimum Gasteiger partial charge on any atom is -0.298 e. The quantitative estimate of drug-likeness (QED) is 0.709. The zero-order valence-electron chi connectivity index (χ0n) is 10.6. The van der Waals surface area contributed by atoms with Gasteiger partial charge in [0.15, 0.2) is 0 Å². The lowest BCUT2D eigenvalue weighted by atomic mass is 10.1. The number of benzene rings is 1. The van der Waals surface area contributed by atoms with E-state index in [1.807, 2.05) is 18.2 Å². The van der Waals surface area contributed by atoms with Crippen molar-refractivity contribution in [3.63, 3.8) is 0 Å². The fourth-order valence-corrected chi connectivity index (χ4v) is 1.94. The molecule has 2 heteroatoms. The minimum atomic E-state index is 0.514. The molecule has 0 unspecified atom stereocenters. The van der Waals surface area contributed by atoms with E-state index in [1.54, 1.807) is 0 Å². The van der Waals surface area contributed by atoms with Crippen molar-refractivity contribution in [1.29, 1.82) is 0 Å². The molecular weight excluding hydrogens is 198 g/mol. The van der Waals surface area contributed by atoms with Crippen molar-refractivity contribution in [1.82, 2.24) is 4.90 Å². The lowest BCUT2D eigenvalue weighted by Gasteiger charge is -2.30. The molecule has 0 aliphatic rings. The summed E-state index contributed by atoms with van der Waals surface area (Å²) in [5.74, 6) is 0. The molecule has 0 fully saturated rings. The van der Waals surface area contributed by atoms with Crippen molar-refractivity contribution >= 4 is 6.29 Å². The maximum Gasteiger partial charge on any atom is 0.150 e. The van der Waals surface area contributed by atoms with Gasteiger partial charge in [0.2, 0.25) is 0 Å². The van der Waals surface area contributed by atoms with Gasteiger partial charge < -0.3 is 0 Å². The Labute approximate surface area is 98.3 Å². The average molecular weight is 219 g/mol. The lowest BCUT2D eigenvalue weighted by Crippen LogP contribution is -2.36. The second kappa shape index (κ2) is 5.80. The summed E-state index contributed by atoms with van der Waals surface area (Å²) in [6.07, 6.45) is 0.901. The smallest absolute Gasteiger partial charge is 0.150 e. The predicted molar refractivity (Wildman–Crippen MR) is 67.6 cm³/mol. The van der Waals surface area contributed by atoms with E-state index < -0.39 is 0 Å². The molecule has 88 valence electrons. The molecule has 0 radical (unpaired) electrons. The highest BCUT2D eigenvalue weighted by Crippen LogP contribution is 2.12. The number of carbonyl (C=O) groups excluding carboxylic acids is 1. The first-order valence-corrected chi connectivity index (χ1v) is 5.84. The molecule has 1 rings (SSSR count). The lowest BCUT2D eigenvalue weighted by molar-refractivity contribution is 0.112. The highest BCUT2D eigenvalue weighted by molar-refractivity contribution is 5.74. The molecular formula is C14H21NO. The van der Waals surface area contributed by atoms with Crippen LogP contribution in [0.2, 0.25) is 0 Å². The maximum absolute atomic E-state index is 10.7. The Balaban J connectivity index is 2.80. The first-order valence-electron chi connectivity index (χ1n) is 5.84. The third kappa shape index (κ3) is 3.46. The summed E-state index contributed by atoms with van der Waals surface area (Å²) in [5, 5.41) is 0. The van der Waals surface area contributed by atoms with Crippen molar-refractivity contribution in [2.24, 2.45) is 0 Å². The Morgan fingerprint density at radius 2 is 1.81 bits per heavy atom. The molecule has 2 nitrogen and oxygen atoms in total. The Bertz CT molecular complexity index is 336. The molecule has 0 amide bonds. The van der Waals surface area contributed by atoms with Crippen LogP contribution in [0.3, 0.4) is 0 Å². The van der Waals surface area contributed by atoms with E-state index in [-0.39, 0.29) is 0 Å². The summed E-state index contributed by atoms with van der Waals surface area (Å²) >= 11 is 0. The number of nitrogens with zero attached hydrogens (tertiary/aromatic N) is 1. The fraction of sp³-hybridized carbons (Fsp3) is 0.500. The van der Waals surface area contributed by atoms with Crippen molar-refractivity contribution in [3.8, 4) is 0 Å². The van der Waals surface area contributed by atoms with Crippen LogP contribution in [0.1, 0.15) is 43.6 Å². The summed E-state index contributed by atoms with van der Waals surface area (Å²) in [5.41, 5.74) is 1.96. The number of carbonyl (C=O) groups is 1. The average Bonchev–Trinajstić information content (AvgIpc) is 2.25. The van der Waals surface area contributed by atoms with E-state index in [9.17, 15) is 4.79 Å². The highest BCUT2D eigenvalue weighted by Gasteiger charge is 2.13. The van der Waals surface area contributed by atoms with Gasteiger partial charge in [-0.15, -0.1) is 0 Å². The number of rotatable bonds is 5. The summed E-state index contributed by atoms with van der Waals surface area (Å²) in [4.78, 5) is 13.1. The molecule has 0 aromatic heterocycles. The van der Waals surface area contributed by atoms with Crippen LogP contribution in [0.15, 0.2) is 24.3 Å². The van der Waals surface area contributed by atoms with Gasteiger partial charge in [-0.25, -0.2) is 0 Å². The monoisotopic (exact) mass is 219 g/mol. The number of hydrogen-bond acceptors (Lipinski definition) is 2. The third-order valence-corrected chi connectivity index (χ3v) is 2.78. The molecule has 1 aromatic carbocycles. The van der Waals surface area contributed by atoms with Crippen LogP contribution in [0.25, 0.3) is 0 Å². The van der Waals surface area contributed by atoms with Crippen molar-refractivity contribution in [2.75, 3.05) is 0 Å². The second-order valence-electron chi connectivity index (χ2n) is 4.72. The van der Waals surface area contributed by atoms with Gasteiger partial charge in [-0.2, -0.15) is 0 Å². The number of aldehydes is 1. The molecule has 16 heavy (non-hydrogen) atoms. The molecule has 0 heterocycles. The van der Waals surface area contributed by atoms with Gasteiger partial charge in [-0.1, -0.05) is 18.2 Å². The van der Waals surface area contributed by atoms with Gasteiger partial charge in [0, 0.05) is 24.2 Å². The van der Waals surface area contributed by atoms with E-state index in [0.29, 0.717) is 12.1 Å². The Morgan fingerprint density at radius 3 is 2.31 bits per heavy atom. The first kappa shape index (κ1) is 12.9. The minimum absolute atomic E-state index is 0.514. The Morgan fingerprint density at radius 1 is 1.19 bits per heavy atom. The fourth-order valence-electron chi connectivity index (χ4n) is 1.94. The molecule has 0 aliphatic carbocycles. The molecule has 0 aliphatic heterocycles. The van der Waals surface area contributed by atoms with E-state index >= 15 is 0 Å². The van der Waals surface area contributed by atoms with Crippen molar-refractivity contribution in [2.45, 2.75) is 46.3 Å². The molecule has 0 bridgehead atoms. The number of hydrogen-bond donors (Lipinski definition) is 0. The molecule has 0 N–H and O–H groups in total. The maximum atomic E-state index is 10.7. The normalized spacial score (nSPS) is 11.4. The van der Waals surface area contributed by atoms with Gasteiger partial charge in [0.05, 0.1) is 0 Å². The van der Waals surface area contributed by atoms with Crippen LogP contribution >= 0.6 is 0 Å². The molecule has 0 saturated carbocycles. The van der Waals surface area contributed by atoms with Gasteiger partial charge >= 0.3 is 0 Å². The van der Waals surface area contributed by atoms with E-state index in [0.717, 1.165) is 18.4 Å². The van der Waals surface area contributed by atoms with Crippen LogP contribution < -0.4 is 0 Å². The van der Waals surface area contributed by atoms with E-state index in [1.165, 1.54) is 5.56 Å². The second-order valence-corrected chi connectivity index (χ2v) is 4.72. The standard InChI is InChI=1S/C14H21NO/c1-11(2)15(12(3)4)9-13-6-5-7-14(8-13)10-16/h5-8,10-12H,9H2,1-4H3. The zero-order valence-corrected chi connectivity index (χ0v) is 10.6. The van der Waals surface area contributed by atoms with Crippen LogP contribution in [-0.2, 0) is 6.54 Å². The molecule has 0 atom stereocenters. The SMILES string of the molecule is CC(C)N(Cc1cccc(C=O)c1)C(C)C. The summed E-state index contributed by atoms with van der Waals surface area (Å²) in [6, 6.07) is 8.85. The zero-order chi connectivity index (χ0) is 12.1. The van der Waals surface area contributed by atoms with Crippen LogP contribution in [0.4, 0.5) is 0 Å². The third-order valence-electron chi connectivity index (χ3n) is 2.78. The molecule has 0 saturated heterocycles. The largest absolute Gasteiger partial charge is 0.298 e. The topological polar surface area (TPSA) is 20.3 Å². The Kier molecular flexibility index (Phi) is 4.69. The van der Waals surface area contributed by atoms with Crippen LogP contribution in [-0.4, -0.2) is 23.3 Å². The van der Waals surface area contributed by atoms with E-state index in [4.69, 9.17) is 0 Å². The van der Waals surface area contributed by atoms with Crippen molar-refractivity contribution < 1.29 is 4.79 Å². The summed E-state index contributed by atoms with van der Waals surface area (Å²) in [6.45, 7) is 9.69. The van der Waals surface area contributed by atoms with Gasteiger partial charge in [-0.05, 0) is 39.3 Å². The Hall–Kier alpha value is -1.15. The van der Waals surface area contributed by atoms with E-state index in [2.05, 4.69) is 38.7 Å². The van der Waals surface area contributed by atoms with Gasteiger partial charge in [-0.3, -0.25) is 9.69 Å². The predicted octanol–water partition coefficient (Wildman–Crippen LogP) is 3.12. The summed E-state index contributed by atoms with van der Waals surface area (Å²) in [7, 11) is 0. The van der Waals surface area contributed by atoms with Crippen molar-refractivity contribution in [3.05, 3.63) is 35.4 Å².